The van der Waals surface area contributed by atoms with Crippen LogP contribution in [0.15, 0.2) is 0 Å². The highest BCUT2D eigenvalue weighted by atomic mass is 31.2. The summed E-state index contributed by atoms with van der Waals surface area (Å²) in [6, 6.07) is 0. The minimum absolute atomic E-state index is 0.670. The van der Waals surface area contributed by atoms with E-state index in [1.165, 1.54) is 128 Å². The van der Waals surface area contributed by atoms with Crippen molar-refractivity contribution < 1.29 is 0 Å². The third-order valence-electron chi connectivity index (χ3n) is 7.44. The van der Waals surface area contributed by atoms with Crippen molar-refractivity contribution in [3.63, 3.8) is 0 Å². The van der Waals surface area contributed by atoms with Crippen molar-refractivity contribution in [1.29, 1.82) is 0 Å². The Morgan fingerprint density at radius 2 is 0.484 bits per heavy atom. The molecule has 0 aromatic heterocycles. The van der Waals surface area contributed by atoms with E-state index >= 15 is 0 Å². The van der Waals surface area contributed by atoms with Crippen LogP contribution in [0.4, 0.5) is 0 Å². The van der Waals surface area contributed by atoms with Gasteiger partial charge in [0.15, 0.2) is 0 Å². The summed E-state index contributed by atoms with van der Waals surface area (Å²) in [5.74, 6) is 0. The molecule has 0 spiro atoms. The molecule has 0 unspecified atom stereocenters. The first-order valence-corrected chi connectivity index (χ1v) is 17.6. The van der Waals surface area contributed by atoms with Crippen molar-refractivity contribution in [2.24, 2.45) is 0 Å². The molecule has 0 aromatic carbocycles. The zero-order chi connectivity index (χ0) is 22.9. The molecule has 0 nitrogen and oxygen atoms in total. The largest absolute Gasteiger partial charge is 0.0654 e. The van der Waals surface area contributed by atoms with Crippen LogP contribution >= 0.6 is 7.26 Å². The average molecular weight is 456 g/mol. The normalized spacial score (nSPS) is 12.0. The van der Waals surface area contributed by atoms with E-state index in [0.717, 1.165) is 0 Å². The molecule has 0 radical (unpaired) electrons. The molecule has 0 saturated heterocycles. The summed E-state index contributed by atoms with van der Waals surface area (Å²) >= 11 is 0. The summed E-state index contributed by atoms with van der Waals surface area (Å²) in [7, 11) is -0.670. The van der Waals surface area contributed by atoms with E-state index in [2.05, 4.69) is 27.7 Å². The molecule has 31 heavy (non-hydrogen) atoms. The van der Waals surface area contributed by atoms with E-state index in [-0.39, 0.29) is 0 Å². The fraction of sp³-hybridized carbons (Fsp3) is 1.00. The minimum Gasteiger partial charge on any atom is -0.0654 e. The molecule has 0 atom stereocenters. The molecule has 0 saturated carbocycles. The smallest absolute Gasteiger partial charge is 0.0594 e. The van der Waals surface area contributed by atoms with Crippen LogP contribution in [0.1, 0.15) is 169 Å². The van der Waals surface area contributed by atoms with Gasteiger partial charge in [0, 0.05) is 7.26 Å². The summed E-state index contributed by atoms with van der Waals surface area (Å²) in [6.07, 6.45) is 39.0. The van der Waals surface area contributed by atoms with Gasteiger partial charge in [0.25, 0.3) is 0 Å². The molecule has 1 heteroatoms. The van der Waals surface area contributed by atoms with Gasteiger partial charge in [-0.3, -0.25) is 0 Å². The van der Waals surface area contributed by atoms with Gasteiger partial charge in [-0.1, -0.05) is 130 Å². The van der Waals surface area contributed by atoms with Crippen LogP contribution in [0.5, 0.6) is 0 Å². The standard InChI is InChI=1S/C30H64P/c1-5-9-13-15-17-19-21-23-25-29-31(27-11-7-3,28-12-8-4)30-26-24-22-20-18-16-14-10-6-2/h5-30H2,1-4H3/q+1. The Balaban J connectivity index is 4.20. The number of hydrogen-bond donors (Lipinski definition) is 0. The lowest BCUT2D eigenvalue weighted by Gasteiger charge is -2.28. The van der Waals surface area contributed by atoms with Gasteiger partial charge in [-0.2, -0.15) is 0 Å². The lowest BCUT2D eigenvalue weighted by molar-refractivity contribution is 0.570. The van der Waals surface area contributed by atoms with Crippen LogP contribution in [-0.2, 0) is 0 Å². The first-order valence-electron chi connectivity index (χ1n) is 15.1. The summed E-state index contributed by atoms with van der Waals surface area (Å²) < 4.78 is 0. The molecule has 0 N–H and O–H groups in total. The van der Waals surface area contributed by atoms with Crippen LogP contribution < -0.4 is 0 Å². The topological polar surface area (TPSA) is 0 Å². The third kappa shape index (κ3) is 20.7. The molecule has 0 aliphatic rings. The van der Waals surface area contributed by atoms with E-state index in [4.69, 9.17) is 0 Å². The van der Waals surface area contributed by atoms with Gasteiger partial charge in [0.2, 0.25) is 0 Å². The van der Waals surface area contributed by atoms with Crippen molar-refractivity contribution in [1.82, 2.24) is 0 Å². The SMILES string of the molecule is CCCCCCCCCCC[P+](CCCC)(CCCC)CCCCCCCCCCC. The molecular formula is C30H64P+. The van der Waals surface area contributed by atoms with Gasteiger partial charge in [-0.05, 0) is 38.5 Å². The predicted molar refractivity (Wildman–Crippen MR) is 151 cm³/mol. The van der Waals surface area contributed by atoms with Gasteiger partial charge < -0.3 is 0 Å². The maximum absolute atomic E-state index is 2.41. The second-order valence-electron chi connectivity index (χ2n) is 10.6. The Morgan fingerprint density at radius 1 is 0.258 bits per heavy atom. The second-order valence-corrected chi connectivity index (χ2v) is 15.1. The fourth-order valence-electron chi connectivity index (χ4n) is 5.17. The quantitative estimate of drug-likeness (QED) is 0.0898. The lowest BCUT2D eigenvalue weighted by Crippen LogP contribution is -2.13. The number of hydrogen-bond acceptors (Lipinski definition) is 0. The van der Waals surface area contributed by atoms with Crippen molar-refractivity contribution in [3.8, 4) is 0 Å². The van der Waals surface area contributed by atoms with E-state index in [1.807, 2.05) is 0 Å². The van der Waals surface area contributed by atoms with E-state index in [0.29, 0.717) is 0 Å². The van der Waals surface area contributed by atoms with Crippen molar-refractivity contribution in [3.05, 3.63) is 0 Å². The van der Waals surface area contributed by atoms with E-state index < -0.39 is 7.26 Å². The molecule has 0 aliphatic heterocycles. The van der Waals surface area contributed by atoms with Gasteiger partial charge >= 0.3 is 0 Å². The molecule has 0 aromatic rings. The van der Waals surface area contributed by atoms with Gasteiger partial charge in [0.1, 0.15) is 0 Å². The predicted octanol–water partition coefficient (Wildman–Crippen LogP) is 11.7. The Labute approximate surface area is 200 Å². The summed E-state index contributed by atoms with van der Waals surface area (Å²) in [4.78, 5) is 0. The van der Waals surface area contributed by atoms with E-state index in [1.54, 1.807) is 37.5 Å². The van der Waals surface area contributed by atoms with Gasteiger partial charge in [-0.25, -0.2) is 0 Å². The number of rotatable bonds is 26. The van der Waals surface area contributed by atoms with Crippen LogP contribution in [0.25, 0.3) is 0 Å². The van der Waals surface area contributed by atoms with Crippen molar-refractivity contribution in [2.45, 2.75) is 169 Å². The summed E-state index contributed by atoms with van der Waals surface area (Å²) in [6.45, 7) is 9.46. The zero-order valence-electron chi connectivity index (χ0n) is 22.8. The Hall–Kier alpha value is 0.430. The highest BCUT2D eigenvalue weighted by molar-refractivity contribution is 7.75. The molecule has 0 bridgehead atoms. The highest BCUT2D eigenvalue weighted by Crippen LogP contribution is 2.61. The molecular weight excluding hydrogens is 391 g/mol. The monoisotopic (exact) mass is 455 g/mol. The molecule has 188 valence electrons. The first-order chi connectivity index (χ1) is 15.2. The summed E-state index contributed by atoms with van der Waals surface area (Å²) in [5.41, 5.74) is 0. The molecule has 0 aliphatic carbocycles. The Morgan fingerprint density at radius 3 is 0.774 bits per heavy atom. The highest BCUT2D eigenvalue weighted by Gasteiger charge is 2.34. The minimum atomic E-state index is -0.670. The lowest BCUT2D eigenvalue weighted by atomic mass is 10.1. The number of unbranched alkanes of at least 4 members (excludes halogenated alkanes) is 18. The van der Waals surface area contributed by atoms with Gasteiger partial charge in [-0.15, -0.1) is 0 Å². The summed E-state index contributed by atoms with van der Waals surface area (Å²) in [5, 5.41) is 0. The van der Waals surface area contributed by atoms with Crippen molar-refractivity contribution in [2.75, 3.05) is 24.6 Å². The molecule has 0 fully saturated rings. The fourth-order valence-corrected chi connectivity index (χ4v) is 10.3. The van der Waals surface area contributed by atoms with E-state index in [9.17, 15) is 0 Å². The third-order valence-corrected chi connectivity index (χ3v) is 12.5. The second kappa shape index (κ2) is 25.1. The van der Waals surface area contributed by atoms with Crippen molar-refractivity contribution >= 4 is 7.26 Å². The Bertz CT molecular complexity index is 292. The Kier molecular flexibility index (Phi) is 25.4. The van der Waals surface area contributed by atoms with Crippen LogP contribution in [0.2, 0.25) is 0 Å². The molecule has 0 rings (SSSR count). The maximum Gasteiger partial charge on any atom is 0.0594 e. The molecule has 0 heterocycles. The van der Waals surface area contributed by atoms with Gasteiger partial charge in [0.05, 0.1) is 24.6 Å². The van der Waals surface area contributed by atoms with Crippen LogP contribution in [-0.4, -0.2) is 24.6 Å². The van der Waals surface area contributed by atoms with Crippen LogP contribution in [0, 0.1) is 0 Å². The first kappa shape index (κ1) is 31.4. The van der Waals surface area contributed by atoms with Crippen LogP contribution in [0.3, 0.4) is 0 Å². The average Bonchev–Trinajstić information content (AvgIpc) is 2.79. The zero-order valence-corrected chi connectivity index (χ0v) is 23.7. The maximum atomic E-state index is 2.41. The molecule has 0 amide bonds.